The van der Waals surface area contributed by atoms with E-state index in [0.29, 0.717) is 36.4 Å². The fourth-order valence-electron chi connectivity index (χ4n) is 6.35. The fraction of sp³-hybridized carbons (Fsp3) is 0.421. The van der Waals surface area contributed by atoms with Crippen molar-refractivity contribution in [2.24, 2.45) is 15.8 Å². The maximum Gasteiger partial charge on any atom is 0.309 e. The first-order valence-electron chi connectivity index (χ1n) is 16.2. The lowest BCUT2D eigenvalue weighted by molar-refractivity contribution is -0.146. The number of H-pyrrole nitrogens is 1. The number of carboxylic acid groups (broad SMARTS) is 1. The van der Waals surface area contributed by atoms with Gasteiger partial charge in [0.05, 0.1) is 10.8 Å². The molecule has 4 aromatic rings. The zero-order valence-corrected chi connectivity index (χ0v) is 29.1. The lowest BCUT2D eigenvalue weighted by atomic mass is 9.72. The number of aryl methyl sites for hydroxylation is 1. The van der Waals surface area contributed by atoms with E-state index in [1.54, 1.807) is 33.2 Å². The van der Waals surface area contributed by atoms with Crippen molar-refractivity contribution in [3.8, 4) is 0 Å². The molecule has 3 heterocycles. The maximum absolute atomic E-state index is 15.7. The third-order valence-corrected chi connectivity index (χ3v) is 11.0. The first-order valence-corrected chi connectivity index (χ1v) is 17.4. The van der Waals surface area contributed by atoms with Gasteiger partial charge in [-0.15, -0.1) is 0 Å². The predicted octanol–water partition coefficient (Wildman–Crippen LogP) is 7.94. The Hall–Kier alpha value is -3.98. The number of nitrogens with zero attached hydrogens (tertiary/aromatic N) is 2. The molecule has 0 fully saturated rings. The molecule has 0 unspecified atom stereocenters. The van der Waals surface area contributed by atoms with E-state index in [0.717, 1.165) is 57.5 Å². The van der Waals surface area contributed by atoms with E-state index in [2.05, 4.69) is 36.1 Å². The summed E-state index contributed by atoms with van der Waals surface area (Å²) in [7, 11) is 1.77. The van der Waals surface area contributed by atoms with Crippen molar-refractivity contribution in [1.82, 2.24) is 15.3 Å². The van der Waals surface area contributed by atoms with Crippen molar-refractivity contribution in [2.75, 3.05) is 18.6 Å². The number of hydrogen-bond acceptors (Lipinski definition) is 5. The number of aliphatic carboxylic acids is 1. The van der Waals surface area contributed by atoms with Crippen LogP contribution in [0.4, 0.5) is 4.39 Å². The number of amidine groups is 2. The molecule has 1 aliphatic heterocycles. The second kappa shape index (κ2) is 13.6. The van der Waals surface area contributed by atoms with Crippen LogP contribution in [0.25, 0.3) is 10.9 Å². The molecule has 47 heavy (non-hydrogen) atoms. The molecule has 248 valence electrons. The van der Waals surface area contributed by atoms with Gasteiger partial charge in [-0.1, -0.05) is 38.1 Å². The van der Waals surface area contributed by atoms with Crippen molar-refractivity contribution in [2.45, 2.75) is 72.1 Å². The van der Waals surface area contributed by atoms with Gasteiger partial charge in [-0.05, 0) is 115 Å². The predicted molar refractivity (Wildman–Crippen MR) is 192 cm³/mol. The largest absolute Gasteiger partial charge is 0.481 e. The van der Waals surface area contributed by atoms with E-state index in [1.165, 1.54) is 0 Å². The van der Waals surface area contributed by atoms with Crippen LogP contribution in [0.15, 0.2) is 65.9 Å². The zero-order valence-electron chi connectivity index (χ0n) is 28.3. The second-order valence-electron chi connectivity index (χ2n) is 14.4. The molecule has 0 saturated carbocycles. The minimum Gasteiger partial charge on any atom is -0.481 e. The Morgan fingerprint density at radius 1 is 1.13 bits per heavy atom. The minimum atomic E-state index is -0.922. The van der Waals surface area contributed by atoms with Gasteiger partial charge in [-0.2, -0.15) is 11.8 Å². The van der Waals surface area contributed by atoms with Crippen molar-refractivity contribution < 1.29 is 14.3 Å². The number of aromatic amines is 1. The van der Waals surface area contributed by atoms with E-state index in [-0.39, 0.29) is 17.1 Å². The standard InChI is InChI=1S/C38H46FN5O2S/c1-36(2)13-14-38(5,26-9-7-8-25(18-26)22-37(3,4)35(45)46)34(40)44-33(41-6)32-20-24(10-15-43-32)19-29-27(12-17-47-23-36)28-11-16-42-31(28)21-30(29)39/h7-11,15-16,18,20-21,42H,12-14,17,19,22-23H2,1-6H3,(H,45,46)(H2,40,41,44)/t38-/m1/s1. The summed E-state index contributed by atoms with van der Waals surface area (Å²) in [6.07, 6.45) is 6.66. The van der Waals surface area contributed by atoms with Crippen LogP contribution in [0.3, 0.4) is 0 Å². The molecule has 9 heteroatoms. The number of benzene rings is 2. The van der Waals surface area contributed by atoms with Gasteiger partial charge in [0.15, 0.2) is 5.84 Å². The molecule has 0 radical (unpaired) electrons. The molecule has 0 aliphatic carbocycles. The summed E-state index contributed by atoms with van der Waals surface area (Å²) >= 11 is 1.88. The number of thioether (sulfide) groups is 1. The number of nitrogens with one attached hydrogen (secondary N) is 3. The number of rotatable bonds is 4. The molecule has 2 aromatic heterocycles. The van der Waals surface area contributed by atoms with E-state index in [1.807, 2.05) is 60.4 Å². The first-order chi connectivity index (χ1) is 22.2. The number of fused-ring (bicyclic) bond motifs is 5. The molecular formula is C38H46FN5O2S. The van der Waals surface area contributed by atoms with Crippen molar-refractivity contribution in [3.63, 3.8) is 0 Å². The Morgan fingerprint density at radius 2 is 1.91 bits per heavy atom. The molecule has 4 N–H and O–H groups in total. The highest BCUT2D eigenvalue weighted by Crippen LogP contribution is 2.39. The maximum atomic E-state index is 15.7. The van der Waals surface area contributed by atoms with Gasteiger partial charge in [-0.25, -0.2) is 9.38 Å². The molecular weight excluding hydrogens is 610 g/mol. The monoisotopic (exact) mass is 655 g/mol. The number of aliphatic imine (C=N–C) groups is 1. The van der Waals surface area contributed by atoms with Gasteiger partial charge < -0.3 is 15.4 Å². The molecule has 0 saturated heterocycles. The SMILES string of the molecule is CN/C1=N\C(=N)[C@@](C)(c2cccc(CC(C)(C)C(=O)O)c2)CCC(C)(C)CSCCc2c(c(F)cc3[nH]ccc23)Cc2ccnc1c2. The molecule has 5 rings (SSSR count). The van der Waals surface area contributed by atoms with E-state index in [4.69, 9.17) is 4.99 Å². The highest BCUT2D eigenvalue weighted by molar-refractivity contribution is 7.99. The summed E-state index contributed by atoms with van der Waals surface area (Å²) in [5.41, 5.74) is 4.18. The first kappa shape index (κ1) is 34.4. The zero-order chi connectivity index (χ0) is 34.0. The number of hydrogen-bond donors (Lipinski definition) is 4. The molecule has 7 nitrogen and oxygen atoms in total. The van der Waals surface area contributed by atoms with Gasteiger partial charge >= 0.3 is 5.97 Å². The van der Waals surface area contributed by atoms with Crippen LogP contribution in [0.2, 0.25) is 0 Å². The Bertz CT molecular complexity index is 1830. The summed E-state index contributed by atoms with van der Waals surface area (Å²) in [5.74, 6) is 1.38. The molecule has 2 bridgehead atoms. The van der Waals surface area contributed by atoms with Gasteiger partial charge in [0, 0.05) is 36.8 Å². The van der Waals surface area contributed by atoms with Gasteiger partial charge in [0.2, 0.25) is 0 Å². The Morgan fingerprint density at radius 3 is 2.66 bits per heavy atom. The van der Waals surface area contributed by atoms with Crippen LogP contribution < -0.4 is 5.32 Å². The van der Waals surface area contributed by atoms with Gasteiger partial charge in [-0.3, -0.25) is 15.2 Å². The number of carbonyl (C=O) groups is 1. The Kier molecular flexibility index (Phi) is 9.96. The highest BCUT2D eigenvalue weighted by Gasteiger charge is 2.36. The van der Waals surface area contributed by atoms with E-state index in [9.17, 15) is 15.3 Å². The number of aromatic nitrogens is 2. The topological polar surface area (TPSA) is 114 Å². The summed E-state index contributed by atoms with van der Waals surface area (Å²) in [6, 6.07) is 15.5. The van der Waals surface area contributed by atoms with Crippen molar-refractivity contribution >= 4 is 40.3 Å². The number of halogens is 1. The smallest absolute Gasteiger partial charge is 0.309 e. The summed E-state index contributed by atoms with van der Waals surface area (Å²) < 4.78 is 15.7. The van der Waals surface area contributed by atoms with Crippen LogP contribution in [0, 0.1) is 22.1 Å². The number of carboxylic acids is 1. The normalized spacial score (nSPS) is 20.6. The third kappa shape index (κ3) is 7.61. The fourth-order valence-corrected chi connectivity index (χ4v) is 7.54. The average Bonchev–Trinajstić information content (AvgIpc) is 3.49. The average molecular weight is 656 g/mol. The summed E-state index contributed by atoms with van der Waals surface area (Å²) in [4.78, 5) is 24.6. The van der Waals surface area contributed by atoms with E-state index < -0.39 is 16.8 Å². The third-order valence-electron chi connectivity index (χ3n) is 9.54. The Balaban J connectivity index is 1.59. The Labute approximate surface area is 281 Å². The molecule has 0 spiro atoms. The van der Waals surface area contributed by atoms with Crippen molar-refractivity contribution in [1.29, 1.82) is 5.41 Å². The molecule has 0 amide bonds. The molecule has 2 aromatic carbocycles. The van der Waals surface area contributed by atoms with Crippen LogP contribution >= 0.6 is 11.8 Å². The van der Waals surface area contributed by atoms with Crippen molar-refractivity contribution in [3.05, 3.63) is 100 Å². The van der Waals surface area contributed by atoms with Gasteiger partial charge in [0.25, 0.3) is 0 Å². The van der Waals surface area contributed by atoms with Crippen LogP contribution in [0.5, 0.6) is 0 Å². The highest BCUT2D eigenvalue weighted by atomic mass is 32.2. The van der Waals surface area contributed by atoms with Gasteiger partial charge in [0.1, 0.15) is 17.3 Å². The second-order valence-corrected chi connectivity index (χ2v) is 15.5. The quantitative estimate of drug-likeness (QED) is 0.178. The summed E-state index contributed by atoms with van der Waals surface area (Å²) in [6.45, 7) is 10.1. The lowest BCUT2D eigenvalue weighted by Crippen LogP contribution is -2.35. The minimum absolute atomic E-state index is 0.0407. The summed E-state index contributed by atoms with van der Waals surface area (Å²) in [5, 5.41) is 23.5. The molecule has 1 atom stereocenters. The molecule has 1 aliphatic rings. The lowest BCUT2D eigenvalue weighted by Gasteiger charge is -2.34. The van der Waals surface area contributed by atoms with Crippen LogP contribution in [-0.2, 0) is 29.5 Å². The van der Waals surface area contributed by atoms with Crippen LogP contribution in [0.1, 0.15) is 81.0 Å². The van der Waals surface area contributed by atoms with E-state index >= 15 is 4.39 Å². The van der Waals surface area contributed by atoms with Crippen LogP contribution in [-0.4, -0.2) is 51.3 Å². The number of pyridine rings is 1.